The third-order valence-electron chi connectivity index (χ3n) is 5.69. The van der Waals surface area contributed by atoms with Crippen LogP contribution in [0.4, 0.5) is 0 Å². The summed E-state index contributed by atoms with van der Waals surface area (Å²) in [6, 6.07) is 0. The highest BCUT2D eigenvalue weighted by Crippen LogP contribution is 2.55. The second-order valence-electron chi connectivity index (χ2n) is 7.51. The molecule has 0 aliphatic heterocycles. The van der Waals surface area contributed by atoms with Crippen LogP contribution in [0.25, 0.3) is 0 Å². The number of Topliss-reactive ketones (excluding diaryl/α,β-unsaturated/α-hetero) is 1. The van der Waals surface area contributed by atoms with Crippen LogP contribution in [0.15, 0.2) is 0 Å². The summed E-state index contributed by atoms with van der Waals surface area (Å²) < 4.78 is 5.43. The van der Waals surface area contributed by atoms with E-state index in [1.807, 2.05) is 6.92 Å². The Morgan fingerprint density at radius 1 is 1.29 bits per heavy atom. The third kappa shape index (κ3) is 3.01. The highest BCUT2D eigenvalue weighted by molar-refractivity contribution is 5.80. The molecule has 0 spiro atoms. The number of ether oxygens (including phenoxy) is 1. The average molecular weight is 296 g/mol. The van der Waals surface area contributed by atoms with Crippen molar-refractivity contribution in [3.05, 3.63) is 0 Å². The van der Waals surface area contributed by atoms with Crippen LogP contribution in [0.1, 0.15) is 53.9 Å². The first-order valence-corrected chi connectivity index (χ1v) is 8.05. The molecule has 2 aliphatic rings. The van der Waals surface area contributed by atoms with Crippen molar-refractivity contribution in [2.45, 2.75) is 65.6 Å². The predicted octanol–water partition coefficient (Wildman–Crippen LogP) is 2.58. The number of hydrogen-bond acceptors (Lipinski definition) is 4. The molecule has 0 unspecified atom stereocenters. The Morgan fingerprint density at radius 2 is 1.90 bits per heavy atom. The van der Waals surface area contributed by atoms with Crippen molar-refractivity contribution in [3.8, 4) is 0 Å². The van der Waals surface area contributed by atoms with Gasteiger partial charge in [0.25, 0.3) is 0 Å². The van der Waals surface area contributed by atoms with E-state index in [4.69, 9.17) is 4.74 Å². The first-order valence-electron chi connectivity index (χ1n) is 8.05. The van der Waals surface area contributed by atoms with Crippen molar-refractivity contribution in [1.82, 2.24) is 0 Å². The Kier molecular flexibility index (Phi) is 4.48. The van der Waals surface area contributed by atoms with Gasteiger partial charge in [0, 0.05) is 6.92 Å². The van der Waals surface area contributed by atoms with Crippen LogP contribution >= 0.6 is 0 Å². The second kappa shape index (κ2) is 5.71. The van der Waals surface area contributed by atoms with E-state index in [1.165, 1.54) is 6.92 Å². The van der Waals surface area contributed by atoms with Crippen LogP contribution in [0.2, 0.25) is 0 Å². The molecule has 2 rings (SSSR count). The van der Waals surface area contributed by atoms with E-state index in [0.29, 0.717) is 18.3 Å². The minimum absolute atomic E-state index is 0.0388. The second-order valence-corrected chi connectivity index (χ2v) is 7.51. The number of esters is 1. The Bertz CT molecular complexity index is 427. The topological polar surface area (TPSA) is 63.6 Å². The lowest BCUT2D eigenvalue weighted by atomic mass is 9.61. The Hall–Kier alpha value is -0.900. The quantitative estimate of drug-likeness (QED) is 0.813. The summed E-state index contributed by atoms with van der Waals surface area (Å²) in [4.78, 5) is 23.6. The monoisotopic (exact) mass is 296 g/mol. The van der Waals surface area contributed by atoms with Crippen molar-refractivity contribution >= 4 is 11.8 Å². The molecule has 0 saturated heterocycles. The predicted molar refractivity (Wildman–Crippen MR) is 79.5 cm³/mol. The Balaban J connectivity index is 2.37. The van der Waals surface area contributed by atoms with E-state index in [1.54, 1.807) is 6.92 Å². The summed E-state index contributed by atoms with van der Waals surface area (Å²) in [5.41, 5.74) is -0.765. The zero-order chi connectivity index (χ0) is 15.9. The fourth-order valence-corrected chi connectivity index (χ4v) is 4.77. The molecule has 0 amide bonds. The van der Waals surface area contributed by atoms with Crippen LogP contribution in [-0.2, 0) is 14.3 Å². The molecule has 2 saturated carbocycles. The van der Waals surface area contributed by atoms with Gasteiger partial charge in [-0.2, -0.15) is 0 Å². The largest absolute Gasteiger partial charge is 0.462 e. The summed E-state index contributed by atoms with van der Waals surface area (Å²) in [6.45, 7) is 9.20. The molecule has 4 nitrogen and oxygen atoms in total. The molecular weight excluding hydrogens is 268 g/mol. The number of fused-ring (bicyclic) bond motifs is 1. The van der Waals surface area contributed by atoms with Gasteiger partial charge in [0.15, 0.2) is 0 Å². The van der Waals surface area contributed by atoms with Crippen molar-refractivity contribution in [1.29, 1.82) is 0 Å². The van der Waals surface area contributed by atoms with E-state index in [9.17, 15) is 14.7 Å². The summed E-state index contributed by atoms with van der Waals surface area (Å²) in [5, 5.41) is 10.7. The highest BCUT2D eigenvalue weighted by Gasteiger charge is 2.58. The minimum atomic E-state index is -0.765. The summed E-state index contributed by atoms with van der Waals surface area (Å²) in [7, 11) is 0. The normalized spacial score (nSPS) is 42.7. The zero-order valence-electron chi connectivity index (χ0n) is 13.8. The molecule has 0 radical (unpaired) electrons. The van der Waals surface area contributed by atoms with Crippen molar-refractivity contribution in [3.63, 3.8) is 0 Å². The van der Waals surface area contributed by atoms with Gasteiger partial charge in [-0.05, 0) is 56.8 Å². The number of carbonyl (C=O) groups excluding carboxylic acids is 2. The molecule has 6 atom stereocenters. The number of carbonyl (C=O) groups is 2. The maximum Gasteiger partial charge on any atom is 0.302 e. The number of aliphatic hydroxyl groups is 1. The van der Waals surface area contributed by atoms with Gasteiger partial charge in [-0.25, -0.2) is 0 Å². The molecule has 0 aromatic heterocycles. The van der Waals surface area contributed by atoms with Gasteiger partial charge in [0.05, 0.1) is 11.5 Å². The van der Waals surface area contributed by atoms with Crippen LogP contribution < -0.4 is 0 Å². The Morgan fingerprint density at radius 3 is 2.38 bits per heavy atom. The summed E-state index contributed by atoms with van der Waals surface area (Å²) >= 11 is 0. The highest BCUT2D eigenvalue weighted by atomic mass is 16.5. The summed E-state index contributed by atoms with van der Waals surface area (Å²) in [6.07, 6.45) is 1.92. The van der Waals surface area contributed by atoms with Crippen LogP contribution in [-0.4, -0.2) is 28.6 Å². The Labute approximate surface area is 127 Å². The molecule has 0 aromatic carbocycles. The van der Waals surface area contributed by atoms with Gasteiger partial charge >= 0.3 is 5.97 Å². The van der Waals surface area contributed by atoms with Gasteiger partial charge < -0.3 is 9.84 Å². The molecule has 0 heterocycles. The SMILES string of the molecule is CC(=O)O[C@H]1C[C@@H]2[C@H]([C@H]1C(C)=O)[C@H](C(C)C)CC[C@@]2(C)O. The van der Waals surface area contributed by atoms with Crippen molar-refractivity contribution < 1.29 is 19.4 Å². The fraction of sp³-hybridized carbons (Fsp3) is 0.882. The van der Waals surface area contributed by atoms with Crippen LogP contribution in [0.5, 0.6) is 0 Å². The number of rotatable bonds is 3. The average Bonchev–Trinajstić information content (AvgIpc) is 2.67. The molecule has 1 N–H and O–H groups in total. The first kappa shape index (κ1) is 16.5. The zero-order valence-corrected chi connectivity index (χ0v) is 13.8. The molecule has 0 aromatic rings. The van der Waals surface area contributed by atoms with Gasteiger partial charge in [-0.1, -0.05) is 13.8 Å². The van der Waals surface area contributed by atoms with Gasteiger partial charge in [0.2, 0.25) is 0 Å². The van der Waals surface area contributed by atoms with Gasteiger partial charge in [0.1, 0.15) is 11.9 Å². The van der Waals surface area contributed by atoms with E-state index in [0.717, 1.165) is 12.8 Å². The third-order valence-corrected chi connectivity index (χ3v) is 5.69. The fourth-order valence-electron chi connectivity index (χ4n) is 4.77. The summed E-state index contributed by atoms with van der Waals surface area (Å²) in [5.74, 6) is 0.504. The molecule has 120 valence electrons. The lowest BCUT2D eigenvalue weighted by Gasteiger charge is -2.46. The lowest BCUT2D eigenvalue weighted by Crippen LogP contribution is -2.47. The number of hydrogen-bond donors (Lipinski definition) is 1. The van der Waals surface area contributed by atoms with Gasteiger partial charge in [-0.15, -0.1) is 0 Å². The van der Waals surface area contributed by atoms with E-state index < -0.39 is 5.60 Å². The van der Waals surface area contributed by atoms with Gasteiger partial charge in [-0.3, -0.25) is 9.59 Å². The lowest BCUT2D eigenvalue weighted by molar-refractivity contribution is -0.150. The molecule has 0 bridgehead atoms. The number of ketones is 1. The van der Waals surface area contributed by atoms with Crippen molar-refractivity contribution in [2.24, 2.45) is 29.6 Å². The van der Waals surface area contributed by atoms with E-state index >= 15 is 0 Å². The molecule has 2 fully saturated rings. The minimum Gasteiger partial charge on any atom is -0.462 e. The van der Waals surface area contributed by atoms with Crippen LogP contribution in [0.3, 0.4) is 0 Å². The molecular formula is C17H28O4. The maximum absolute atomic E-state index is 12.2. The van der Waals surface area contributed by atoms with Crippen molar-refractivity contribution in [2.75, 3.05) is 0 Å². The maximum atomic E-state index is 12.2. The molecule has 21 heavy (non-hydrogen) atoms. The standard InChI is InChI=1S/C17H28O4/c1-9(2)12-6-7-17(5,20)13-8-14(21-11(4)19)15(10(3)18)16(12)13/h9,12-16,20H,6-8H2,1-5H3/t12-,13+,14-,15-,16+,17+/m0/s1. The molecule has 4 heteroatoms. The van der Waals surface area contributed by atoms with E-state index in [-0.39, 0.29) is 35.6 Å². The van der Waals surface area contributed by atoms with Crippen LogP contribution in [0, 0.1) is 29.6 Å². The smallest absolute Gasteiger partial charge is 0.302 e. The molecule has 2 aliphatic carbocycles. The first-order chi connectivity index (χ1) is 9.65. The van der Waals surface area contributed by atoms with E-state index in [2.05, 4.69) is 13.8 Å².